The van der Waals surface area contributed by atoms with E-state index in [1.165, 1.54) is 122 Å². The second kappa shape index (κ2) is 75.7. The third-order valence-corrected chi connectivity index (χ3v) is 19.6. The fourth-order valence-electron chi connectivity index (χ4n) is 11.4. The van der Waals surface area contributed by atoms with Crippen molar-refractivity contribution in [2.75, 3.05) is 39.6 Å². The van der Waals surface area contributed by atoms with E-state index in [2.05, 4.69) is 101 Å². The van der Waals surface area contributed by atoms with E-state index in [1.807, 2.05) is 0 Å². The van der Waals surface area contributed by atoms with Crippen LogP contribution in [0.2, 0.25) is 0 Å². The average molecular weight is 1480 g/mol. The van der Waals surface area contributed by atoms with Crippen molar-refractivity contribution in [3.05, 3.63) is 72.9 Å². The van der Waals surface area contributed by atoms with Crippen molar-refractivity contribution in [1.82, 2.24) is 0 Å². The minimum Gasteiger partial charge on any atom is -0.462 e. The summed E-state index contributed by atoms with van der Waals surface area (Å²) in [6, 6.07) is 0. The Labute approximate surface area is 622 Å². The van der Waals surface area contributed by atoms with Crippen LogP contribution in [0.3, 0.4) is 0 Å². The lowest BCUT2D eigenvalue weighted by atomic mass is 10.0. The molecule has 0 aliphatic heterocycles. The van der Waals surface area contributed by atoms with E-state index in [0.29, 0.717) is 25.7 Å². The molecule has 0 aromatic heterocycles. The maximum absolute atomic E-state index is 13.1. The molecule has 102 heavy (non-hydrogen) atoms. The minimum absolute atomic E-state index is 0.0854. The summed E-state index contributed by atoms with van der Waals surface area (Å²) < 4.78 is 68.7. The molecule has 5 atom stereocenters. The van der Waals surface area contributed by atoms with Gasteiger partial charge in [0.2, 0.25) is 0 Å². The highest BCUT2D eigenvalue weighted by atomic mass is 31.2. The normalized spacial score (nSPS) is 14.2. The first-order valence-corrected chi connectivity index (χ1v) is 44.2. The zero-order valence-corrected chi connectivity index (χ0v) is 66.8. The van der Waals surface area contributed by atoms with Crippen molar-refractivity contribution in [2.45, 2.75) is 393 Å². The monoisotopic (exact) mass is 1480 g/mol. The van der Waals surface area contributed by atoms with Crippen LogP contribution >= 0.6 is 15.6 Å². The number of hydrogen-bond acceptors (Lipinski definition) is 15. The van der Waals surface area contributed by atoms with Gasteiger partial charge in [-0.1, -0.05) is 306 Å². The van der Waals surface area contributed by atoms with Crippen LogP contribution in [0.25, 0.3) is 0 Å². The highest BCUT2D eigenvalue weighted by molar-refractivity contribution is 7.47. The minimum atomic E-state index is -4.98. The van der Waals surface area contributed by atoms with Gasteiger partial charge in [0, 0.05) is 25.7 Å². The van der Waals surface area contributed by atoms with Crippen molar-refractivity contribution < 1.29 is 80.2 Å². The van der Waals surface area contributed by atoms with Gasteiger partial charge < -0.3 is 33.8 Å². The van der Waals surface area contributed by atoms with Gasteiger partial charge in [-0.05, 0) is 116 Å². The molecule has 0 heterocycles. The Hall–Kier alpha value is -3.50. The summed E-state index contributed by atoms with van der Waals surface area (Å²) in [5.41, 5.74) is 0. The highest BCUT2D eigenvalue weighted by Gasteiger charge is 2.30. The molecule has 0 rings (SSSR count). The Morgan fingerprint density at radius 2 is 0.510 bits per heavy atom. The summed E-state index contributed by atoms with van der Waals surface area (Å²) in [7, 11) is -9.95. The summed E-state index contributed by atoms with van der Waals surface area (Å²) >= 11 is 0. The van der Waals surface area contributed by atoms with E-state index >= 15 is 0 Å². The predicted octanol–water partition coefficient (Wildman–Crippen LogP) is 24.0. The van der Waals surface area contributed by atoms with Crippen molar-refractivity contribution in [1.29, 1.82) is 0 Å². The number of aliphatic hydroxyl groups excluding tert-OH is 1. The van der Waals surface area contributed by atoms with Gasteiger partial charge in [-0.2, -0.15) is 0 Å². The Morgan fingerprint density at radius 1 is 0.284 bits per heavy atom. The fourth-order valence-corrected chi connectivity index (χ4v) is 13.0. The number of ether oxygens (including phenoxy) is 4. The van der Waals surface area contributed by atoms with E-state index in [4.69, 9.17) is 37.0 Å². The van der Waals surface area contributed by atoms with Crippen LogP contribution in [-0.2, 0) is 65.4 Å². The summed E-state index contributed by atoms with van der Waals surface area (Å²) in [5, 5.41) is 10.6. The molecular formula is C83H150O17P2. The van der Waals surface area contributed by atoms with Gasteiger partial charge in [-0.3, -0.25) is 37.3 Å². The lowest BCUT2D eigenvalue weighted by Crippen LogP contribution is -2.30. The number of allylic oxidation sites excluding steroid dienone is 12. The fraction of sp³-hybridized carbons (Fsp3) is 0.807. The van der Waals surface area contributed by atoms with E-state index in [9.17, 15) is 43.2 Å². The summed E-state index contributed by atoms with van der Waals surface area (Å²) in [6.45, 7) is 4.78. The number of esters is 4. The molecule has 0 fully saturated rings. The van der Waals surface area contributed by atoms with Crippen LogP contribution in [0.4, 0.5) is 0 Å². The smallest absolute Gasteiger partial charge is 0.462 e. The van der Waals surface area contributed by atoms with Crippen LogP contribution in [0.15, 0.2) is 72.9 Å². The Bertz CT molecular complexity index is 2210. The third kappa shape index (κ3) is 74.8. The van der Waals surface area contributed by atoms with Crippen LogP contribution < -0.4 is 0 Å². The number of carbonyl (C=O) groups excluding carboxylic acids is 4. The number of phosphoric acid groups is 2. The van der Waals surface area contributed by atoms with Crippen molar-refractivity contribution in [2.24, 2.45) is 0 Å². The molecule has 0 aliphatic rings. The number of phosphoric ester groups is 2. The lowest BCUT2D eigenvalue weighted by molar-refractivity contribution is -0.161. The molecule has 5 unspecified atom stereocenters. The average Bonchev–Trinajstić information content (AvgIpc) is 0.923. The van der Waals surface area contributed by atoms with Gasteiger partial charge in [0.1, 0.15) is 19.3 Å². The van der Waals surface area contributed by atoms with Crippen LogP contribution in [0, 0.1) is 0 Å². The quantitative estimate of drug-likeness (QED) is 0.0169. The Kier molecular flexibility index (Phi) is 73.1. The summed E-state index contributed by atoms with van der Waals surface area (Å²) in [5.74, 6) is -2.18. The van der Waals surface area contributed by atoms with Gasteiger partial charge in [0.25, 0.3) is 0 Å². The van der Waals surface area contributed by atoms with Crippen LogP contribution in [0.5, 0.6) is 0 Å². The lowest BCUT2D eigenvalue weighted by Gasteiger charge is -2.21. The molecule has 0 aliphatic carbocycles. The molecule has 17 nitrogen and oxygen atoms in total. The van der Waals surface area contributed by atoms with Gasteiger partial charge >= 0.3 is 39.5 Å². The second-order valence-electron chi connectivity index (χ2n) is 27.7. The standard InChI is InChI=1S/C83H150O17P2/c1-5-9-13-17-21-25-29-33-37-38-42-44-48-52-56-60-64-68-81(86)94-74-79(100-83(88)70-66-62-58-54-50-46-41-36-32-28-24-20-16-12-8-4)76-98-102(91,92)96-72-77(84)71-95-101(89,90)97-75-78(99-82(87)69-65-61-57-53-49-45-40-35-31-27-23-19-15-11-7-3)73-93-80(85)67-63-59-55-51-47-43-39-34-30-26-22-18-14-10-6-2/h9,13,21-22,25-26,33-35,37,39-40,77-79,84H,5-8,10-12,14-20,23-24,27-32,36,38,41-76H2,1-4H3,(H,89,90)(H,91,92)/b13-9-,25-21-,26-22-,37-33-,39-34-,40-35-. The largest absolute Gasteiger partial charge is 0.472 e. The van der Waals surface area contributed by atoms with Crippen molar-refractivity contribution >= 4 is 39.5 Å². The molecular weight excluding hydrogens is 1330 g/mol. The number of hydrogen-bond donors (Lipinski definition) is 3. The Morgan fingerprint density at radius 3 is 0.814 bits per heavy atom. The third-order valence-electron chi connectivity index (χ3n) is 17.7. The summed E-state index contributed by atoms with van der Waals surface area (Å²) in [6.07, 6.45) is 77.2. The predicted molar refractivity (Wildman–Crippen MR) is 418 cm³/mol. The van der Waals surface area contributed by atoms with Crippen LogP contribution in [0.1, 0.15) is 374 Å². The zero-order chi connectivity index (χ0) is 74.6. The van der Waals surface area contributed by atoms with E-state index in [0.717, 1.165) is 173 Å². The maximum atomic E-state index is 13.1. The Balaban J connectivity index is 5.35. The van der Waals surface area contributed by atoms with Crippen molar-refractivity contribution in [3.63, 3.8) is 0 Å². The first-order chi connectivity index (χ1) is 49.7. The molecule has 3 N–H and O–H groups in total. The topological polar surface area (TPSA) is 237 Å². The molecule has 0 radical (unpaired) electrons. The maximum Gasteiger partial charge on any atom is 0.472 e. The van der Waals surface area contributed by atoms with Gasteiger partial charge in [0.05, 0.1) is 26.4 Å². The molecule has 0 saturated heterocycles. The van der Waals surface area contributed by atoms with Gasteiger partial charge in [-0.15, -0.1) is 0 Å². The zero-order valence-electron chi connectivity index (χ0n) is 65.0. The molecule has 594 valence electrons. The molecule has 0 aromatic rings. The first kappa shape index (κ1) is 98.5. The molecule has 0 saturated carbocycles. The van der Waals surface area contributed by atoms with E-state index in [1.54, 1.807) is 0 Å². The molecule has 0 aromatic carbocycles. The van der Waals surface area contributed by atoms with Crippen LogP contribution in [-0.4, -0.2) is 96.7 Å². The second-order valence-corrected chi connectivity index (χ2v) is 30.6. The number of unbranched alkanes of at least 4 members (excludes halogenated alkanes) is 40. The number of carbonyl (C=O) groups is 4. The number of aliphatic hydroxyl groups is 1. The van der Waals surface area contributed by atoms with E-state index in [-0.39, 0.29) is 25.7 Å². The molecule has 0 bridgehead atoms. The van der Waals surface area contributed by atoms with E-state index < -0.39 is 97.5 Å². The highest BCUT2D eigenvalue weighted by Crippen LogP contribution is 2.45. The van der Waals surface area contributed by atoms with Crippen molar-refractivity contribution in [3.8, 4) is 0 Å². The molecule has 0 spiro atoms. The number of rotatable bonds is 78. The SMILES string of the molecule is CC/C=C\C/C=C\C/C=C\CCCCCCCCCC(=O)OCC(COP(=O)(O)OCC(O)COP(=O)(O)OCC(COC(=O)CCCCCCC/C=C\C/C=C\CCCCC)OC(=O)CCCCCCC/C=C\CCCCCCCC)OC(=O)CCCCCCCCCCCCCCCCC. The van der Waals surface area contributed by atoms with Gasteiger partial charge in [-0.25, -0.2) is 9.13 Å². The first-order valence-electron chi connectivity index (χ1n) is 41.2. The summed E-state index contributed by atoms with van der Waals surface area (Å²) in [4.78, 5) is 73.1. The molecule has 19 heteroatoms. The molecule has 0 amide bonds. The van der Waals surface area contributed by atoms with Gasteiger partial charge in [0.15, 0.2) is 12.2 Å².